The molecule has 1 fully saturated rings. The molecule has 100 valence electrons. The number of hydrogen-bond donors (Lipinski definition) is 1. The molecule has 3 heteroatoms. The van der Waals surface area contributed by atoms with E-state index in [2.05, 4.69) is 20.8 Å². The minimum atomic E-state index is 0.164. The number of hydrogen-bond acceptors (Lipinski definition) is 2. The van der Waals surface area contributed by atoms with Crippen LogP contribution in [-0.4, -0.2) is 29.9 Å². The van der Waals surface area contributed by atoms with Crippen molar-refractivity contribution in [3.05, 3.63) is 0 Å². The standard InChI is InChI=1S/C14H28N2O/c1-4-6-12(7-5-2)14(17)16-9-8-11(3)13(15)10-16/h11-13H,4-10,15H2,1-3H3. The van der Waals surface area contributed by atoms with Gasteiger partial charge in [0, 0.05) is 25.0 Å². The van der Waals surface area contributed by atoms with E-state index in [4.69, 9.17) is 5.73 Å². The average Bonchev–Trinajstić information content (AvgIpc) is 2.31. The third kappa shape index (κ3) is 3.98. The summed E-state index contributed by atoms with van der Waals surface area (Å²) in [5.41, 5.74) is 6.06. The molecule has 1 saturated heterocycles. The van der Waals surface area contributed by atoms with Gasteiger partial charge in [-0.3, -0.25) is 4.79 Å². The minimum absolute atomic E-state index is 0.164. The van der Waals surface area contributed by atoms with Gasteiger partial charge in [-0.1, -0.05) is 33.6 Å². The number of carbonyl (C=O) groups is 1. The highest BCUT2D eigenvalue weighted by molar-refractivity contribution is 5.79. The smallest absolute Gasteiger partial charge is 0.225 e. The third-order valence-corrected chi connectivity index (χ3v) is 3.95. The predicted molar refractivity (Wildman–Crippen MR) is 71.6 cm³/mol. The highest BCUT2D eigenvalue weighted by Crippen LogP contribution is 2.21. The lowest BCUT2D eigenvalue weighted by Gasteiger charge is -2.37. The van der Waals surface area contributed by atoms with Crippen molar-refractivity contribution in [3.63, 3.8) is 0 Å². The Balaban J connectivity index is 2.55. The maximum Gasteiger partial charge on any atom is 0.225 e. The summed E-state index contributed by atoms with van der Waals surface area (Å²) in [6.45, 7) is 8.14. The van der Waals surface area contributed by atoms with Crippen LogP contribution in [0.25, 0.3) is 0 Å². The van der Waals surface area contributed by atoms with Crippen LogP contribution in [0.3, 0.4) is 0 Å². The van der Waals surface area contributed by atoms with Gasteiger partial charge in [0.1, 0.15) is 0 Å². The minimum Gasteiger partial charge on any atom is -0.341 e. The molecule has 1 amide bonds. The quantitative estimate of drug-likeness (QED) is 0.802. The molecule has 2 N–H and O–H groups in total. The maximum absolute atomic E-state index is 12.4. The Morgan fingerprint density at radius 1 is 1.35 bits per heavy atom. The van der Waals surface area contributed by atoms with Gasteiger partial charge in [0.15, 0.2) is 0 Å². The molecule has 0 aromatic rings. The molecule has 0 spiro atoms. The first kappa shape index (κ1) is 14.5. The van der Waals surface area contributed by atoms with E-state index >= 15 is 0 Å². The van der Waals surface area contributed by atoms with E-state index < -0.39 is 0 Å². The first-order chi connectivity index (χ1) is 8.10. The van der Waals surface area contributed by atoms with Crippen molar-refractivity contribution in [1.29, 1.82) is 0 Å². The Kier molecular flexibility index (Phi) is 5.96. The molecular formula is C14H28N2O. The Morgan fingerprint density at radius 3 is 2.41 bits per heavy atom. The Labute approximate surface area is 106 Å². The highest BCUT2D eigenvalue weighted by Gasteiger charge is 2.29. The second-order valence-corrected chi connectivity index (χ2v) is 5.49. The van der Waals surface area contributed by atoms with Gasteiger partial charge in [0.25, 0.3) is 0 Å². The van der Waals surface area contributed by atoms with E-state index in [1.165, 1.54) is 0 Å². The van der Waals surface area contributed by atoms with E-state index in [1.807, 2.05) is 4.90 Å². The molecule has 0 aromatic carbocycles. The number of rotatable bonds is 5. The predicted octanol–water partition coefficient (Wildman–Crippen LogP) is 2.40. The fraction of sp³-hybridized carbons (Fsp3) is 0.929. The monoisotopic (exact) mass is 240 g/mol. The van der Waals surface area contributed by atoms with Crippen LogP contribution in [0.1, 0.15) is 52.9 Å². The third-order valence-electron chi connectivity index (χ3n) is 3.95. The van der Waals surface area contributed by atoms with Crippen molar-refractivity contribution in [2.24, 2.45) is 17.6 Å². The van der Waals surface area contributed by atoms with Crippen molar-refractivity contribution in [2.45, 2.75) is 58.9 Å². The van der Waals surface area contributed by atoms with Crippen LogP contribution < -0.4 is 5.73 Å². The summed E-state index contributed by atoms with van der Waals surface area (Å²) in [7, 11) is 0. The number of carbonyl (C=O) groups excluding carboxylic acids is 1. The molecule has 17 heavy (non-hydrogen) atoms. The molecule has 0 aliphatic carbocycles. The van der Waals surface area contributed by atoms with Crippen LogP contribution in [0, 0.1) is 11.8 Å². The lowest BCUT2D eigenvalue weighted by Crippen LogP contribution is -2.51. The highest BCUT2D eigenvalue weighted by atomic mass is 16.2. The largest absolute Gasteiger partial charge is 0.341 e. The summed E-state index contributed by atoms with van der Waals surface area (Å²) in [6, 6.07) is 0.164. The zero-order valence-electron chi connectivity index (χ0n) is 11.6. The number of amides is 1. The fourth-order valence-corrected chi connectivity index (χ4v) is 2.65. The van der Waals surface area contributed by atoms with Gasteiger partial charge >= 0.3 is 0 Å². The van der Waals surface area contributed by atoms with Gasteiger partial charge in [-0.2, -0.15) is 0 Å². The van der Waals surface area contributed by atoms with Crippen molar-refractivity contribution >= 4 is 5.91 Å². The van der Waals surface area contributed by atoms with Crippen LogP contribution in [0.4, 0.5) is 0 Å². The summed E-state index contributed by atoms with van der Waals surface area (Å²) in [6.07, 6.45) is 5.28. The van der Waals surface area contributed by atoms with Crippen molar-refractivity contribution in [2.75, 3.05) is 13.1 Å². The van der Waals surface area contributed by atoms with Gasteiger partial charge in [0.2, 0.25) is 5.91 Å². The zero-order chi connectivity index (χ0) is 12.8. The first-order valence-electron chi connectivity index (χ1n) is 7.14. The number of nitrogens with two attached hydrogens (primary N) is 1. The van der Waals surface area contributed by atoms with Gasteiger partial charge in [-0.05, 0) is 25.2 Å². The molecule has 1 rings (SSSR count). The molecular weight excluding hydrogens is 212 g/mol. The van der Waals surface area contributed by atoms with Crippen molar-refractivity contribution < 1.29 is 4.79 Å². The number of piperidine rings is 1. The second kappa shape index (κ2) is 7.00. The lowest BCUT2D eigenvalue weighted by atomic mass is 9.91. The Hall–Kier alpha value is -0.570. The van der Waals surface area contributed by atoms with E-state index in [9.17, 15) is 4.79 Å². The molecule has 2 atom stereocenters. The van der Waals surface area contributed by atoms with Crippen molar-refractivity contribution in [3.8, 4) is 0 Å². The van der Waals surface area contributed by atoms with Crippen LogP contribution in [0.5, 0.6) is 0 Å². The number of likely N-dealkylation sites (tertiary alicyclic amines) is 1. The summed E-state index contributed by atoms with van der Waals surface area (Å²) >= 11 is 0. The molecule has 0 bridgehead atoms. The van der Waals surface area contributed by atoms with E-state index in [1.54, 1.807) is 0 Å². The maximum atomic E-state index is 12.4. The first-order valence-corrected chi connectivity index (χ1v) is 7.14. The van der Waals surface area contributed by atoms with Gasteiger partial charge < -0.3 is 10.6 Å². The molecule has 2 unspecified atom stereocenters. The van der Waals surface area contributed by atoms with Crippen LogP contribution in [-0.2, 0) is 4.79 Å². The van der Waals surface area contributed by atoms with E-state index in [-0.39, 0.29) is 12.0 Å². The Bertz CT molecular complexity index is 236. The zero-order valence-corrected chi connectivity index (χ0v) is 11.6. The van der Waals surface area contributed by atoms with Crippen LogP contribution in [0.15, 0.2) is 0 Å². The van der Waals surface area contributed by atoms with Gasteiger partial charge in [0.05, 0.1) is 0 Å². The topological polar surface area (TPSA) is 46.3 Å². The van der Waals surface area contributed by atoms with E-state index in [0.717, 1.165) is 45.2 Å². The molecule has 0 saturated carbocycles. The van der Waals surface area contributed by atoms with Crippen molar-refractivity contribution in [1.82, 2.24) is 4.90 Å². The fourth-order valence-electron chi connectivity index (χ4n) is 2.65. The van der Waals surface area contributed by atoms with E-state index in [0.29, 0.717) is 11.8 Å². The molecule has 1 aliphatic heterocycles. The lowest BCUT2D eigenvalue weighted by molar-refractivity contribution is -0.137. The summed E-state index contributed by atoms with van der Waals surface area (Å²) in [5.74, 6) is 1.12. The van der Waals surface area contributed by atoms with Gasteiger partial charge in [-0.25, -0.2) is 0 Å². The second-order valence-electron chi connectivity index (χ2n) is 5.49. The summed E-state index contributed by atoms with van der Waals surface area (Å²) in [5, 5.41) is 0. The Morgan fingerprint density at radius 2 is 1.94 bits per heavy atom. The molecule has 0 radical (unpaired) electrons. The van der Waals surface area contributed by atoms with Crippen LogP contribution >= 0.6 is 0 Å². The molecule has 1 aliphatic rings. The summed E-state index contributed by atoms with van der Waals surface area (Å²) in [4.78, 5) is 14.4. The van der Waals surface area contributed by atoms with Gasteiger partial charge in [-0.15, -0.1) is 0 Å². The molecule has 3 nitrogen and oxygen atoms in total. The average molecular weight is 240 g/mol. The SMILES string of the molecule is CCCC(CCC)C(=O)N1CCC(C)C(N)C1. The summed E-state index contributed by atoms with van der Waals surface area (Å²) < 4.78 is 0. The normalized spacial score (nSPS) is 25.4. The number of nitrogens with zero attached hydrogens (tertiary/aromatic N) is 1. The van der Waals surface area contributed by atoms with Crippen LogP contribution in [0.2, 0.25) is 0 Å². The molecule has 1 heterocycles. The molecule has 0 aromatic heterocycles.